The summed E-state index contributed by atoms with van der Waals surface area (Å²) < 4.78 is 36.2. The minimum absolute atomic E-state index is 0.264. The molecule has 0 radical (unpaired) electrons. The number of halogens is 3. The van der Waals surface area contributed by atoms with Gasteiger partial charge in [-0.1, -0.05) is 6.07 Å². The molecule has 0 aliphatic carbocycles. The number of carbonyl (C=O) groups is 1. The lowest BCUT2D eigenvalue weighted by Crippen LogP contribution is -2.37. The van der Waals surface area contributed by atoms with Crippen molar-refractivity contribution in [2.24, 2.45) is 0 Å². The SMILES string of the molecule is CN(CCCNC(=O)NCc1ccccn1)CC(F)(F)F. The third kappa shape index (κ3) is 8.85. The molecule has 1 rings (SSSR count). The van der Waals surface area contributed by atoms with Crippen molar-refractivity contribution >= 4 is 6.03 Å². The van der Waals surface area contributed by atoms with E-state index in [1.807, 2.05) is 6.07 Å². The predicted octanol–water partition coefficient (Wildman–Crippen LogP) is 1.76. The van der Waals surface area contributed by atoms with Crippen LogP contribution in [0.3, 0.4) is 0 Å². The van der Waals surface area contributed by atoms with Crippen LogP contribution in [0.1, 0.15) is 12.1 Å². The average Bonchev–Trinajstić information content (AvgIpc) is 2.40. The zero-order valence-electron chi connectivity index (χ0n) is 11.8. The molecule has 5 nitrogen and oxygen atoms in total. The summed E-state index contributed by atoms with van der Waals surface area (Å²) >= 11 is 0. The van der Waals surface area contributed by atoms with E-state index < -0.39 is 12.7 Å². The van der Waals surface area contributed by atoms with Gasteiger partial charge in [0, 0.05) is 12.7 Å². The van der Waals surface area contributed by atoms with Crippen molar-refractivity contribution in [1.29, 1.82) is 0 Å². The van der Waals surface area contributed by atoms with Crippen molar-refractivity contribution in [2.45, 2.75) is 19.1 Å². The largest absolute Gasteiger partial charge is 0.401 e. The second kappa shape index (κ2) is 8.46. The van der Waals surface area contributed by atoms with Crippen molar-refractivity contribution in [1.82, 2.24) is 20.5 Å². The minimum atomic E-state index is -4.19. The molecule has 0 aliphatic rings. The molecule has 1 aromatic rings. The number of nitrogens with zero attached hydrogens (tertiary/aromatic N) is 2. The highest BCUT2D eigenvalue weighted by Crippen LogP contribution is 2.15. The molecule has 8 heteroatoms. The summed E-state index contributed by atoms with van der Waals surface area (Å²) in [6, 6.07) is 5.02. The number of carbonyl (C=O) groups excluding carboxylic acids is 1. The predicted molar refractivity (Wildman–Crippen MR) is 72.6 cm³/mol. The molecule has 2 N–H and O–H groups in total. The smallest absolute Gasteiger partial charge is 0.338 e. The topological polar surface area (TPSA) is 57.3 Å². The van der Waals surface area contributed by atoms with Crippen LogP contribution in [0.25, 0.3) is 0 Å². The second-order valence-electron chi connectivity index (χ2n) is 4.64. The molecule has 0 aliphatic heterocycles. The number of hydrogen-bond donors (Lipinski definition) is 2. The molecule has 0 saturated heterocycles. The van der Waals surface area contributed by atoms with E-state index in [4.69, 9.17) is 0 Å². The number of amides is 2. The van der Waals surface area contributed by atoms with Gasteiger partial charge in [0.2, 0.25) is 0 Å². The number of hydrogen-bond acceptors (Lipinski definition) is 3. The van der Waals surface area contributed by atoms with Gasteiger partial charge in [0.05, 0.1) is 18.8 Å². The van der Waals surface area contributed by atoms with Crippen LogP contribution in [-0.4, -0.2) is 48.8 Å². The molecule has 1 heterocycles. The standard InChI is InChI=1S/C13H19F3N4O/c1-20(10-13(14,15)16)8-4-7-18-12(21)19-9-11-5-2-3-6-17-11/h2-3,5-6H,4,7-10H2,1H3,(H2,18,19,21). The number of alkyl halides is 3. The normalized spacial score (nSPS) is 11.5. The summed E-state index contributed by atoms with van der Waals surface area (Å²) in [4.78, 5) is 16.7. The lowest BCUT2D eigenvalue weighted by atomic mass is 10.3. The van der Waals surface area contributed by atoms with Crippen LogP contribution in [0, 0.1) is 0 Å². The Morgan fingerprint density at radius 1 is 1.33 bits per heavy atom. The van der Waals surface area contributed by atoms with Crippen molar-refractivity contribution < 1.29 is 18.0 Å². The van der Waals surface area contributed by atoms with Crippen LogP contribution in [-0.2, 0) is 6.54 Å². The number of rotatable bonds is 7. The summed E-state index contributed by atoms with van der Waals surface area (Å²) in [6.07, 6.45) is -2.11. The maximum Gasteiger partial charge on any atom is 0.401 e. The van der Waals surface area contributed by atoms with Crippen LogP contribution >= 0.6 is 0 Å². The number of pyridine rings is 1. The maximum atomic E-state index is 12.1. The van der Waals surface area contributed by atoms with Gasteiger partial charge in [-0.3, -0.25) is 9.88 Å². The lowest BCUT2D eigenvalue weighted by Gasteiger charge is -2.18. The Morgan fingerprint density at radius 3 is 2.71 bits per heavy atom. The molecule has 0 bridgehead atoms. The Hall–Kier alpha value is -1.83. The molecule has 0 spiro atoms. The second-order valence-corrected chi connectivity index (χ2v) is 4.64. The van der Waals surface area contributed by atoms with Crippen LogP contribution in [0.5, 0.6) is 0 Å². The number of aromatic nitrogens is 1. The highest BCUT2D eigenvalue weighted by molar-refractivity contribution is 5.73. The van der Waals surface area contributed by atoms with Crippen LogP contribution in [0.4, 0.5) is 18.0 Å². The van der Waals surface area contributed by atoms with Gasteiger partial charge in [-0.2, -0.15) is 13.2 Å². The summed E-state index contributed by atoms with van der Waals surface area (Å²) in [5.74, 6) is 0. The van der Waals surface area contributed by atoms with E-state index in [1.54, 1.807) is 18.3 Å². The Kier molecular flexibility index (Phi) is 6.93. The van der Waals surface area contributed by atoms with E-state index in [2.05, 4.69) is 15.6 Å². The lowest BCUT2D eigenvalue weighted by molar-refractivity contribution is -0.143. The zero-order chi connectivity index (χ0) is 15.7. The molecule has 0 saturated carbocycles. The van der Waals surface area contributed by atoms with E-state index >= 15 is 0 Å². The van der Waals surface area contributed by atoms with Crippen LogP contribution in [0.2, 0.25) is 0 Å². The summed E-state index contributed by atoms with van der Waals surface area (Å²) in [5, 5.41) is 5.20. The van der Waals surface area contributed by atoms with Gasteiger partial charge in [0.15, 0.2) is 0 Å². The molecular formula is C13H19F3N4O. The van der Waals surface area contributed by atoms with Gasteiger partial charge in [0.25, 0.3) is 0 Å². The fourth-order valence-electron chi connectivity index (χ4n) is 1.67. The molecule has 0 atom stereocenters. The van der Waals surface area contributed by atoms with Crippen molar-refractivity contribution in [3.8, 4) is 0 Å². The fraction of sp³-hybridized carbons (Fsp3) is 0.538. The fourth-order valence-corrected chi connectivity index (χ4v) is 1.67. The van der Waals surface area contributed by atoms with E-state index in [-0.39, 0.29) is 12.6 Å². The van der Waals surface area contributed by atoms with Gasteiger partial charge in [-0.05, 0) is 32.1 Å². The van der Waals surface area contributed by atoms with Crippen molar-refractivity contribution in [2.75, 3.05) is 26.7 Å². The van der Waals surface area contributed by atoms with E-state index in [1.165, 1.54) is 11.9 Å². The molecule has 118 valence electrons. The van der Waals surface area contributed by atoms with Crippen molar-refractivity contribution in [3.05, 3.63) is 30.1 Å². The molecule has 0 unspecified atom stereocenters. The maximum absolute atomic E-state index is 12.1. The van der Waals surface area contributed by atoms with Crippen LogP contribution in [0.15, 0.2) is 24.4 Å². The first-order valence-corrected chi connectivity index (χ1v) is 6.54. The monoisotopic (exact) mass is 304 g/mol. The van der Waals surface area contributed by atoms with E-state index in [0.29, 0.717) is 19.5 Å². The summed E-state index contributed by atoms with van der Waals surface area (Å²) in [7, 11) is 1.40. The first-order valence-electron chi connectivity index (χ1n) is 6.54. The van der Waals surface area contributed by atoms with Gasteiger partial charge in [0.1, 0.15) is 0 Å². The average molecular weight is 304 g/mol. The Morgan fingerprint density at radius 2 is 2.10 bits per heavy atom. The van der Waals surface area contributed by atoms with Gasteiger partial charge >= 0.3 is 12.2 Å². The Bertz CT molecular complexity index is 425. The zero-order valence-corrected chi connectivity index (χ0v) is 11.8. The quantitative estimate of drug-likeness (QED) is 0.755. The Labute approximate surface area is 121 Å². The molecule has 2 amide bonds. The number of urea groups is 1. The van der Waals surface area contributed by atoms with E-state index in [9.17, 15) is 18.0 Å². The molecule has 0 fully saturated rings. The van der Waals surface area contributed by atoms with Gasteiger partial charge in [-0.25, -0.2) is 4.79 Å². The highest BCUT2D eigenvalue weighted by atomic mass is 19.4. The van der Waals surface area contributed by atoms with Crippen molar-refractivity contribution in [3.63, 3.8) is 0 Å². The Balaban J connectivity index is 2.08. The molecular weight excluding hydrogens is 285 g/mol. The van der Waals surface area contributed by atoms with Crippen LogP contribution < -0.4 is 10.6 Å². The van der Waals surface area contributed by atoms with E-state index in [0.717, 1.165) is 5.69 Å². The summed E-state index contributed by atoms with van der Waals surface area (Å²) in [6.45, 7) is -0.0597. The summed E-state index contributed by atoms with van der Waals surface area (Å²) in [5.41, 5.74) is 0.734. The van der Waals surface area contributed by atoms with Gasteiger partial charge < -0.3 is 10.6 Å². The molecule has 0 aromatic carbocycles. The third-order valence-electron chi connectivity index (χ3n) is 2.61. The first-order chi connectivity index (χ1) is 9.87. The minimum Gasteiger partial charge on any atom is -0.338 e. The molecule has 1 aromatic heterocycles. The highest BCUT2D eigenvalue weighted by Gasteiger charge is 2.28. The first kappa shape index (κ1) is 17.2. The number of nitrogens with one attached hydrogen (secondary N) is 2. The molecule has 21 heavy (non-hydrogen) atoms. The third-order valence-corrected chi connectivity index (χ3v) is 2.61. The van der Waals surface area contributed by atoms with Gasteiger partial charge in [-0.15, -0.1) is 0 Å².